The van der Waals surface area contributed by atoms with E-state index in [0.29, 0.717) is 0 Å². The molecule has 64 heavy (non-hydrogen) atoms. The molecule has 0 aliphatic heterocycles. The largest absolute Gasteiger partial charge is 0.256 e. The SMILES string of the molecule is CCC1(C)c2cc(-c3cccc(-c4nccc5ccccc45)c3)ccc2-c2ccc(-c3ccc4c(c3)C(C)(CC)c3cc(-c5cccc(-c6nccc7ccccc67)c5)ccc3-4)cc21. The van der Waals surface area contributed by atoms with Crippen LogP contribution in [0.15, 0.2) is 194 Å². The number of rotatable bonds is 7. The minimum Gasteiger partial charge on any atom is -0.256 e. The molecule has 2 atom stereocenters. The lowest BCUT2D eigenvalue weighted by Gasteiger charge is -2.27. The lowest BCUT2D eigenvalue weighted by Crippen LogP contribution is -2.19. The molecule has 0 saturated heterocycles. The van der Waals surface area contributed by atoms with Crippen LogP contribution in [0.2, 0.25) is 0 Å². The number of benzene rings is 8. The summed E-state index contributed by atoms with van der Waals surface area (Å²) in [5.74, 6) is 0. The quantitative estimate of drug-likeness (QED) is 0.160. The highest BCUT2D eigenvalue weighted by atomic mass is 14.7. The third-order valence-corrected chi connectivity index (χ3v) is 15.1. The first-order chi connectivity index (χ1) is 31.3. The van der Waals surface area contributed by atoms with Gasteiger partial charge in [-0.05, 0) is 150 Å². The zero-order chi connectivity index (χ0) is 43.2. The van der Waals surface area contributed by atoms with E-state index in [4.69, 9.17) is 9.97 Å². The molecule has 0 fully saturated rings. The summed E-state index contributed by atoms with van der Waals surface area (Å²) >= 11 is 0. The molecule has 0 saturated carbocycles. The van der Waals surface area contributed by atoms with Gasteiger partial charge < -0.3 is 0 Å². The maximum atomic E-state index is 4.84. The van der Waals surface area contributed by atoms with E-state index < -0.39 is 0 Å². The van der Waals surface area contributed by atoms with Crippen LogP contribution in [0, 0.1) is 0 Å². The van der Waals surface area contributed by atoms with Gasteiger partial charge in [0.15, 0.2) is 0 Å². The normalized spacial score (nSPS) is 17.0. The lowest BCUT2D eigenvalue weighted by molar-refractivity contribution is 0.564. The molecule has 0 radical (unpaired) electrons. The van der Waals surface area contributed by atoms with E-state index in [2.05, 4.69) is 210 Å². The Morgan fingerprint density at radius 1 is 0.328 bits per heavy atom. The molecule has 0 amide bonds. The van der Waals surface area contributed by atoms with Crippen molar-refractivity contribution in [1.29, 1.82) is 0 Å². The average Bonchev–Trinajstić information content (AvgIpc) is 3.76. The van der Waals surface area contributed by atoms with Gasteiger partial charge in [-0.15, -0.1) is 0 Å². The van der Waals surface area contributed by atoms with Gasteiger partial charge in [0.05, 0.1) is 11.4 Å². The van der Waals surface area contributed by atoms with Crippen molar-refractivity contribution < 1.29 is 0 Å². The second kappa shape index (κ2) is 14.6. The summed E-state index contributed by atoms with van der Waals surface area (Å²) in [5.41, 5.74) is 22.6. The summed E-state index contributed by atoms with van der Waals surface area (Å²) in [4.78, 5) is 9.68. The van der Waals surface area contributed by atoms with E-state index in [0.717, 1.165) is 35.4 Å². The summed E-state index contributed by atoms with van der Waals surface area (Å²) in [5, 5.41) is 4.77. The molecule has 2 aliphatic carbocycles. The predicted molar refractivity (Wildman–Crippen MR) is 269 cm³/mol. The molecule has 2 heteroatoms. The summed E-state index contributed by atoms with van der Waals surface area (Å²) < 4.78 is 0. The molecule has 8 aromatic carbocycles. The van der Waals surface area contributed by atoms with Crippen molar-refractivity contribution >= 4 is 21.5 Å². The highest BCUT2D eigenvalue weighted by Gasteiger charge is 2.40. The van der Waals surface area contributed by atoms with E-state index in [-0.39, 0.29) is 10.8 Å². The van der Waals surface area contributed by atoms with Crippen molar-refractivity contribution in [1.82, 2.24) is 9.97 Å². The standard InChI is InChI=1S/C62H48N2/c1-5-61(3)55-35-43(41-15-11-17-47(33-41)59-49-19-9-7-13-39(49)29-31-63-59)21-25-51(55)53-27-23-45(37-57(53)61)46-24-28-54-52-26-22-44(36-56(52)62(4,6-2)58(54)38-46)42-16-12-18-48(34-42)60-50-20-10-8-14-40(50)30-32-64-60/h7-38H,5-6H2,1-4H3. The van der Waals surface area contributed by atoms with E-state index in [1.54, 1.807) is 0 Å². The van der Waals surface area contributed by atoms with Gasteiger partial charge in [0.2, 0.25) is 0 Å². The zero-order valence-corrected chi connectivity index (χ0v) is 36.8. The average molecular weight is 821 g/mol. The molecule has 306 valence electrons. The Bertz CT molecular complexity index is 3280. The highest BCUT2D eigenvalue weighted by molar-refractivity contribution is 5.97. The fourth-order valence-electron chi connectivity index (χ4n) is 11.1. The van der Waals surface area contributed by atoms with Gasteiger partial charge in [0.1, 0.15) is 0 Å². The Labute approximate surface area is 376 Å². The van der Waals surface area contributed by atoms with Crippen LogP contribution in [0.1, 0.15) is 62.8 Å². The van der Waals surface area contributed by atoms with Gasteiger partial charge in [-0.25, -0.2) is 0 Å². The predicted octanol–water partition coefficient (Wildman–Crippen LogP) is 16.5. The second-order valence-corrected chi connectivity index (χ2v) is 18.3. The molecule has 10 aromatic rings. The van der Waals surface area contributed by atoms with Gasteiger partial charge in [-0.3, -0.25) is 9.97 Å². The van der Waals surface area contributed by atoms with Crippen molar-refractivity contribution in [3.8, 4) is 78.1 Å². The first-order valence-electron chi connectivity index (χ1n) is 22.8. The molecule has 0 bridgehead atoms. The summed E-state index contributed by atoms with van der Waals surface area (Å²) in [6, 6.07) is 67.7. The molecular weight excluding hydrogens is 773 g/mol. The Balaban J connectivity index is 0.874. The summed E-state index contributed by atoms with van der Waals surface area (Å²) in [6.07, 6.45) is 5.86. The second-order valence-electron chi connectivity index (χ2n) is 18.3. The Kier molecular flexibility index (Phi) is 8.72. The number of fused-ring (bicyclic) bond motifs is 8. The van der Waals surface area contributed by atoms with Gasteiger partial charge >= 0.3 is 0 Å². The van der Waals surface area contributed by atoms with Gasteiger partial charge in [0, 0.05) is 45.1 Å². The molecule has 0 spiro atoms. The molecule has 2 aliphatic rings. The minimum atomic E-state index is -0.117. The number of aromatic nitrogens is 2. The lowest BCUT2D eigenvalue weighted by atomic mass is 9.76. The van der Waals surface area contributed by atoms with Crippen LogP contribution >= 0.6 is 0 Å². The van der Waals surface area contributed by atoms with Gasteiger partial charge in [-0.1, -0.05) is 161 Å². The minimum absolute atomic E-state index is 0.117. The molecular formula is C62H48N2. The third-order valence-electron chi connectivity index (χ3n) is 15.1. The summed E-state index contributed by atoms with van der Waals surface area (Å²) in [6.45, 7) is 9.58. The Morgan fingerprint density at radius 2 is 0.656 bits per heavy atom. The number of hydrogen-bond acceptors (Lipinski definition) is 2. The first kappa shape index (κ1) is 38.3. The van der Waals surface area contributed by atoms with Crippen molar-refractivity contribution in [2.75, 3.05) is 0 Å². The number of nitrogens with zero attached hydrogens (tertiary/aromatic N) is 2. The van der Waals surface area contributed by atoms with Crippen LogP contribution in [0.5, 0.6) is 0 Å². The molecule has 2 nitrogen and oxygen atoms in total. The first-order valence-corrected chi connectivity index (χ1v) is 22.8. The van der Waals surface area contributed by atoms with Crippen molar-refractivity contribution in [2.24, 2.45) is 0 Å². The fraction of sp³-hybridized carbons (Fsp3) is 0.129. The molecule has 12 rings (SSSR count). The van der Waals surface area contributed by atoms with Crippen LogP contribution in [-0.4, -0.2) is 9.97 Å². The van der Waals surface area contributed by atoms with Crippen molar-refractivity contribution in [3.63, 3.8) is 0 Å². The van der Waals surface area contributed by atoms with Crippen LogP contribution < -0.4 is 0 Å². The van der Waals surface area contributed by atoms with E-state index in [1.807, 2.05) is 12.4 Å². The highest BCUT2D eigenvalue weighted by Crippen LogP contribution is 2.55. The zero-order valence-electron chi connectivity index (χ0n) is 36.8. The van der Waals surface area contributed by atoms with E-state index in [1.165, 1.54) is 99.4 Å². The Morgan fingerprint density at radius 3 is 1.02 bits per heavy atom. The monoisotopic (exact) mass is 820 g/mol. The Hall–Kier alpha value is -7.42. The van der Waals surface area contributed by atoms with Gasteiger partial charge in [-0.2, -0.15) is 0 Å². The van der Waals surface area contributed by atoms with E-state index >= 15 is 0 Å². The van der Waals surface area contributed by atoms with E-state index in [9.17, 15) is 0 Å². The van der Waals surface area contributed by atoms with Crippen LogP contribution in [0.25, 0.3) is 99.7 Å². The molecule has 2 unspecified atom stereocenters. The third kappa shape index (κ3) is 5.78. The number of pyridine rings is 2. The van der Waals surface area contributed by atoms with Crippen LogP contribution in [0.4, 0.5) is 0 Å². The molecule has 2 aromatic heterocycles. The van der Waals surface area contributed by atoms with Crippen LogP contribution in [0.3, 0.4) is 0 Å². The molecule has 2 heterocycles. The maximum absolute atomic E-state index is 4.84. The number of hydrogen-bond donors (Lipinski definition) is 0. The smallest absolute Gasteiger partial charge is 0.0780 e. The summed E-state index contributed by atoms with van der Waals surface area (Å²) in [7, 11) is 0. The maximum Gasteiger partial charge on any atom is 0.0780 e. The fourth-order valence-corrected chi connectivity index (χ4v) is 11.1. The van der Waals surface area contributed by atoms with Gasteiger partial charge in [0.25, 0.3) is 0 Å². The van der Waals surface area contributed by atoms with Crippen molar-refractivity contribution in [3.05, 3.63) is 217 Å². The topological polar surface area (TPSA) is 25.8 Å². The molecule has 0 N–H and O–H groups in total. The van der Waals surface area contributed by atoms with Crippen molar-refractivity contribution in [2.45, 2.75) is 51.4 Å². The van der Waals surface area contributed by atoms with Crippen LogP contribution in [-0.2, 0) is 10.8 Å².